The van der Waals surface area contributed by atoms with Crippen molar-refractivity contribution in [3.05, 3.63) is 30.3 Å². The third-order valence-electron chi connectivity index (χ3n) is 2.76. The summed E-state index contributed by atoms with van der Waals surface area (Å²) in [7, 11) is 0. The summed E-state index contributed by atoms with van der Waals surface area (Å²) in [6.45, 7) is 2.42. The molecule has 1 aliphatic rings. The van der Waals surface area contributed by atoms with Gasteiger partial charge in [-0.05, 0) is 12.1 Å². The van der Waals surface area contributed by atoms with E-state index in [1.54, 1.807) is 0 Å². The second-order valence-electron chi connectivity index (χ2n) is 3.69. The Kier molecular flexibility index (Phi) is 3.46. The average molecular weight is 226 g/mol. The molecule has 3 N–H and O–H groups in total. The van der Waals surface area contributed by atoms with Gasteiger partial charge in [-0.25, -0.2) is 0 Å². The number of benzene rings is 1. The second-order valence-corrected chi connectivity index (χ2v) is 4.16. The summed E-state index contributed by atoms with van der Waals surface area (Å²) in [5.41, 5.74) is 6.88. The molecule has 1 aromatic carbocycles. The molecule has 0 saturated carbocycles. The fraction of sp³-hybridized carbons (Fsp3) is 0.455. The predicted molar refractivity (Wildman–Crippen MR) is 64.3 cm³/mol. The topological polar surface area (TPSA) is 41.3 Å². The lowest BCUT2D eigenvalue weighted by atomic mass is 10.1. The normalized spacial score (nSPS) is 26.7. The molecule has 1 saturated heterocycles. The molecule has 2 unspecified atom stereocenters. The van der Waals surface area contributed by atoms with E-state index >= 15 is 0 Å². The van der Waals surface area contributed by atoms with E-state index in [9.17, 15) is 0 Å². The van der Waals surface area contributed by atoms with E-state index in [4.69, 9.17) is 17.3 Å². The lowest BCUT2D eigenvalue weighted by Crippen LogP contribution is -2.58. The van der Waals surface area contributed by atoms with E-state index in [1.807, 2.05) is 18.2 Å². The standard InChI is InChI=1S/C11H16ClN3/c12-11-10(8-13)15(7-6-14-11)9-4-2-1-3-5-9/h1-5,10-11,14H,6-8,13H2. The molecule has 1 aliphatic heterocycles. The molecule has 3 nitrogen and oxygen atoms in total. The van der Waals surface area contributed by atoms with Gasteiger partial charge < -0.3 is 10.6 Å². The minimum atomic E-state index is -0.0658. The van der Waals surface area contributed by atoms with Gasteiger partial charge in [-0.15, -0.1) is 11.6 Å². The quantitative estimate of drug-likeness (QED) is 0.583. The Morgan fingerprint density at radius 3 is 2.80 bits per heavy atom. The Balaban J connectivity index is 2.19. The smallest absolute Gasteiger partial charge is 0.104 e. The van der Waals surface area contributed by atoms with Gasteiger partial charge in [-0.2, -0.15) is 0 Å². The summed E-state index contributed by atoms with van der Waals surface area (Å²) < 4.78 is 0. The summed E-state index contributed by atoms with van der Waals surface area (Å²) in [5, 5.41) is 3.23. The number of hydrogen-bond acceptors (Lipinski definition) is 3. The molecule has 15 heavy (non-hydrogen) atoms. The van der Waals surface area contributed by atoms with E-state index in [2.05, 4.69) is 22.3 Å². The highest BCUT2D eigenvalue weighted by molar-refractivity contribution is 6.21. The van der Waals surface area contributed by atoms with Crippen LogP contribution in [0.5, 0.6) is 0 Å². The van der Waals surface area contributed by atoms with Crippen molar-refractivity contribution < 1.29 is 0 Å². The molecule has 82 valence electrons. The zero-order chi connectivity index (χ0) is 10.7. The highest BCUT2D eigenvalue weighted by atomic mass is 35.5. The van der Waals surface area contributed by atoms with Crippen LogP contribution < -0.4 is 16.0 Å². The molecule has 0 bridgehead atoms. The van der Waals surface area contributed by atoms with Gasteiger partial charge in [0.05, 0.1) is 6.04 Å². The maximum atomic E-state index is 6.19. The molecule has 2 atom stereocenters. The second kappa shape index (κ2) is 4.84. The Bertz CT molecular complexity index is 304. The Hall–Kier alpha value is -0.770. The number of nitrogens with one attached hydrogen (secondary N) is 1. The molecule has 4 heteroatoms. The van der Waals surface area contributed by atoms with Gasteiger partial charge in [-0.3, -0.25) is 5.32 Å². The maximum Gasteiger partial charge on any atom is 0.104 e. The van der Waals surface area contributed by atoms with Crippen molar-refractivity contribution in [2.24, 2.45) is 5.73 Å². The van der Waals surface area contributed by atoms with Crippen molar-refractivity contribution in [2.75, 3.05) is 24.5 Å². The van der Waals surface area contributed by atoms with Crippen LogP contribution in [0.1, 0.15) is 0 Å². The van der Waals surface area contributed by atoms with E-state index in [0.717, 1.165) is 13.1 Å². The summed E-state index contributed by atoms with van der Waals surface area (Å²) >= 11 is 6.19. The first-order chi connectivity index (χ1) is 7.33. The summed E-state index contributed by atoms with van der Waals surface area (Å²) in [6, 6.07) is 10.4. The van der Waals surface area contributed by atoms with Crippen LogP contribution in [0.4, 0.5) is 5.69 Å². The first-order valence-corrected chi connectivity index (χ1v) is 5.66. The minimum absolute atomic E-state index is 0.0658. The van der Waals surface area contributed by atoms with Crippen LogP contribution in [0.2, 0.25) is 0 Å². The largest absolute Gasteiger partial charge is 0.363 e. The minimum Gasteiger partial charge on any atom is -0.363 e. The van der Waals surface area contributed by atoms with Gasteiger partial charge in [0, 0.05) is 25.3 Å². The van der Waals surface area contributed by atoms with E-state index in [1.165, 1.54) is 5.69 Å². The Labute approximate surface area is 95.2 Å². The first kappa shape index (κ1) is 10.7. The molecule has 0 aliphatic carbocycles. The average Bonchev–Trinajstić information content (AvgIpc) is 2.30. The number of rotatable bonds is 2. The Morgan fingerprint density at radius 2 is 2.13 bits per heavy atom. The summed E-state index contributed by atoms with van der Waals surface area (Å²) in [5.74, 6) is 0. The number of piperazine rings is 1. The van der Waals surface area contributed by atoms with Crippen molar-refractivity contribution in [1.82, 2.24) is 5.32 Å². The third kappa shape index (κ3) is 2.25. The number of alkyl halides is 1. The molecule has 1 fully saturated rings. The highest BCUT2D eigenvalue weighted by Crippen LogP contribution is 2.21. The van der Waals surface area contributed by atoms with Gasteiger partial charge in [0.2, 0.25) is 0 Å². The van der Waals surface area contributed by atoms with Crippen LogP contribution in [-0.4, -0.2) is 31.2 Å². The van der Waals surface area contributed by atoms with Crippen LogP contribution in [0.3, 0.4) is 0 Å². The molecule has 0 radical (unpaired) electrons. The number of nitrogens with two attached hydrogens (primary N) is 1. The fourth-order valence-electron chi connectivity index (χ4n) is 1.97. The number of hydrogen-bond donors (Lipinski definition) is 2. The number of nitrogens with zero attached hydrogens (tertiary/aromatic N) is 1. The SMILES string of the molecule is NCC1C(Cl)NCCN1c1ccccc1. The van der Waals surface area contributed by atoms with Crippen LogP contribution in [-0.2, 0) is 0 Å². The van der Waals surface area contributed by atoms with Crippen molar-refractivity contribution in [3.63, 3.8) is 0 Å². The Morgan fingerprint density at radius 1 is 1.40 bits per heavy atom. The van der Waals surface area contributed by atoms with Crippen molar-refractivity contribution in [2.45, 2.75) is 11.5 Å². The molecule has 1 heterocycles. The van der Waals surface area contributed by atoms with Crippen LogP contribution in [0.25, 0.3) is 0 Å². The van der Waals surface area contributed by atoms with Crippen molar-refractivity contribution >= 4 is 17.3 Å². The van der Waals surface area contributed by atoms with Gasteiger partial charge in [0.15, 0.2) is 0 Å². The fourth-order valence-corrected chi connectivity index (χ4v) is 2.32. The van der Waals surface area contributed by atoms with E-state index in [-0.39, 0.29) is 11.5 Å². The number of anilines is 1. The van der Waals surface area contributed by atoms with E-state index < -0.39 is 0 Å². The predicted octanol–water partition coefficient (Wildman–Crippen LogP) is 0.988. The number of para-hydroxylation sites is 1. The van der Waals surface area contributed by atoms with Gasteiger partial charge >= 0.3 is 0 Å². The highest BCUT2D eigenvalue weighted by Gasteiger charge is 2.28. The molecule has 1 aromatic rings. The van der Waals surface area contributed by atoms with Crippen LogP contribution >= 0.6 is 11.6 Å². The summed E-state index contributed by atoms with van der Waals surface area (Å²) in [4.78, 5) is 2.27. The first-order valence-electron chi connectivity index (χ1n) is 5.22. The molecule has 2 rings (SSSR count). The zero-order valence-electron chi connectivity index (χ0n) is 8.57. The zero-order valence-corrected chi connectivity index (χ0v) is 9.32. The lowest BCUT2D eigenvalue weighted by molar-refractivity contribution is 0.448. The molecular formula is C11H16ClN3. The van der Waals surface area contributed by atoms with Crippen molar-refractivity contribution in [3.8, 4) is 0 Å². The van der Waals surface area contributed by atoms with Gasteiger partial charge in [0.1, 0.15) is 5.50 Å². The third-order valence-corrected chi connectivity index (χ3v) is 3.20. The molecule has 0 spiro atoms. The van der Waals surface area contributed by atoms with Gasteiger partial charge in [0.25, 0.3) is 0 Å². The van der Waals surface area contributed by atoms with Gasteiger partial charge in [-0.1, -0.05) is 18.2 Å². The van der Waals surface area contributed by atoms with Crippen molar-refractivity contribution in [1.29, 1.82) is 0 Å². The summed E-state index contributed by atoms with van der Waals surface area (Å²) in [6.07, 6.45) is 0. The van der Waals surface area contributed by atoms with Crippen LogP contribution in [0.15, 0.2) is 30.3 Å². The maximum absolute atomic E-state index is 6.19. The molecule has 0 aromatic heterocycles. The van der Waals surface area contributed by atoms with Crippen LogP contribution in [0, 0.1) is 0 Å². The molecule has 0 amide bonds. The van der Waals surface area contributed by atoms with E-state index in [0.29, 0.717) is 6.54 Å². The molecular weight excluding hydrogens is 210 g/mol. The number of halogens is 1. The monoisotopic (exact) mass is 225 g/mol. The lowest BCUT2D eigenvalue weighted by Gasteiger charge is -2.40.